The zero-order valence-corrected chi connectivity index (χ0v) is 27.0. The molecule has 0 saturated carbocycles. The van der Waals surface area contributed by atoms with Gasteiger partial charge in [0.1, 0.15) is 11.2 Å². The topological polar surface area (TPSA) is 21.3 Å². The van der Waals surface area contributed by atoms with E-state index in [1.165, 1.54) is 44.1 Å². The summed E-state index contributed by atoms with van der Waals surface area (Å²) in [5.41, 5.74) is 13.2. The maximum Gasteiger partial charge on any atom is 0.137 e. The molecule has 2 heterocycles. The van der Waals surface area contributed by atoms with Gasteiger partial charge >= 0.3 is 0 Å². The fraction of sp³-hybridized carbons (Fsp3) is 0.111. The molecule has 0 spiro atoms. The predicted octanol–water partition coefficient (Wildman–Crippen LogP) is 11.9. The third kappa shape index (κ3) is 3.88. The van der Waals surface area contributed by atoms with E-state index >= 15 is 0 Å². The second-order valence-electron chi connectivity index (χ2n) is 13.7. The Morgan fingerprint density at radius 1 is 0.625 bits per heavy atom. The van der Waals surface area contributed by atoms with E-state index in [4.69, 9.17) is 4.42 Å². The highest BCUT2D eigenvalue weighted by atomic mass is 16.3. The van der Waals surface area contributed by atoms with Crippen LogP contribution in [-0.2, 0) is 5.41 Å². The van der Waals surface area contributed by atoms with Crippen molar-refractivity contribution in [3.63, 3.8) is 0 Å². The predicted molar refractivity (Wildman–Crippen MR) is 201 cm³/mol. The smallest absolute Gasteiger partial charge is 0.137 e. The molecule has 2 aliphatic carbocycles. The molecule has 8 aromatic rings. The number of hydrogen-bond acceptors (Lipinski definition) is 2. The van der Waals surface area contributed by atoms with Crippen LogP contribution in [0.15, 0.2) is 162 Å². The number of anilines is 2. The van der Waals surface area contributed by atoms with Gasteiger partial charge in [-0.15, -0.1) is 0 Å². The molecule has 1 atom stereocenters. The number of fused-ring (bicyclic) bond motifs is 9. The van der Waals surface area contributed by atoms with Gasteiger partial charge in [-0.25, -0.2) is 0 Å². The first-order chi connectivity index (χ1) is 23.6. The monoisotopic (exact) mass is 618 g/mol. The summed E-state index contributed by atoms with van der Waals surface area (Å²) in [6, 6.07) is 50.6. The molecule has 6 aromatic carbocycles. The van der Waals surface area contributed by atoms with E-state index in [0.717, 1.165) is 45.4 Å². The molecule has 48 heavy (non-hydrogen) atoms. The van der Waals surface area contributed by atoms with Gasteiger partial charge < -0.3 is 13.9 Å². The van der Waals surface area contributed by atoms with Gasteiger partial charge in [0.15, 0.2) is 0 Å². The highest BCUT2D eigenvalue weighted by molar-refractivity contribution is 6.09. The van der Waals surface area contributed by atoms with Gasteiger partial charge in [0.05, 0.1) is 17.1 Å². The van der Waals surface area contributed by atoms with Crippen molar-refractivity contribution in [2.75, 3.05) is 4.90 Å². The second-order valence-corrected chi connectivity index (χ2v) is 13.7. The van der Waals surface area contributed by atoms with Crippen LogP contribution in [0.4, 0.5) is 11.4 Å². The molecular weight excluding hydrogens is 585 g/mol. The van der Waals surface area contributed by atoms with E-state index < -0.39 is 0 Å². The Kier molecular flexibility index (Phi) is 5.75. The number of furan rings is 1. The molecule has 0 N–H and O–H groups in total. The summed E-state index contributed by atoms with van der Waals surface area (Å²) in [6.07, 6.45) is 5.90. The molecule has 3 heteroatoms. The number of hydrogen-bond donors (Lipinski definition) is 0. The Hall–Kier alpha value is -5.80. The summed E-state index contributed by atoms with van der Waals surface area (Å²) < 4.78 is 8.79. The Balaban J connectivity index is 1.13. The number of aromatic nitrogens is 1. The van der Waals surface area contributed by atoms with Crippen molar-refractivity contribution in [1.82, 2.24) is 4.57 Å². The van der Waals surface area contributed by atoms with Crippen LogP contribution in [0.25, 0.3) is 55.0 Å². The van der Waals surface area contributed by atoms with Crippen LogP contribution in [0.2, 0.25) is 0 Å². The fourth-order valence-electron chi connectivity index (χ4n) is 8.45. The first-order valence-electron chi connectivity index (χ1n) is 16.9. The van der Waals surface area contributed by atoms with Crippen molar-refractivity contribution in [3.05, 3.63) is 168 Å². The lowest BCUT2D eigenvalue weighted by molar-refractivity contribution is 0.644. The van der Waals surface area contributed by atoms with Crippen LogP contribution in [0.5, 0.6) is 0 Å². The third-order valence-corrected chi connectivity index (χ3v) is 10.7. The number of rotatable bonds is 4. The first kappa shape index (κ1) is 27.3. The maximum absolute atomic E-state index is 6.40. The molecule has 0 aliphatic heterocycles. The quantitative estimate of drug-likeness (QED) is 0.196. The summed E-state index contributed by atoms with van der Waals surface area (Å²) in [5, 5.41) is 4.84. The lowest BCUT2D eigenvalue weighted by Crippen LogP contribution is -2.32. The van der Waals surface area contributed by atoms with Gasteiger partial charge in [0.25, 0.3) is 0 Å². The summed E-state index contributed by atoms with van der Waals surface area (Å²) in [7, 11) is 0. The van der Waals surface area contributed by atoms with Crippen LogP contribution >= 0.6 is 0 Å². The minimum absolute atomic E-state index is 0.0597. The minimum atomic E-state index is -0.0597. The van der Waals surface area contributed by atoms with Crippen LogP contribution in [0, 0.1) is 0 Å². The molecule has 2 aromatic heterocycles. The van der Waals surface area contributed by atoms with Crippen LogP contribution in [0.1, 0.15) is 31.4 Å². The fourth-order valence-corrected chi connectivity index (χ4v) is 8.45. The van der Waals surface area contributed by atoms with E-state index in [9.17, 15) is 0 Å². The van der Waals surface area contributed by atoms with Gasteiger partial charge in [0.2, 0.25) is 0 Å². The lowest BCUT2D eigenvalue weighted by Gasteiger charge is -2.35. The molecule has 1 unspecified atom stereocenters. The molecule has 10 rings (SSSR count). The van der Waals surface area contributed by atoms with E-state index in [-0.39, 0.29) is 11.5 Å². The van der Waals surface area contributed by atoms with Crippen molar-refractivity contribution in [2.24, 2.45) is 0 Å². The van der Waals surface area contributed by atoms with Crippen LogP contribution in [0.3, 0.4) is 0 Å². The van der Waals surface area contributed by atoms with Gasteiger partial charge in [0, 0.05) is 50.1 Å². The first-order valence-corrected chi connectivity index (χ1v) is 16.9. The highest BCUT2D eigenvalue weighted by Gasteiger charge is 2.40. The molecule has 0 radical (unpaired) electrons. The standard InChI is InChI=1S/C45H34N2O/c1-45(2)39-15-7-3-11-33(39)34-25-23-31(27-40(34)45)46(32-24-26-38-37-14-6-10-18-43(37)48-44(38)28-32)29-19-21-30(22-20-29)47-41-16-8-4-12-35(41)36-13-5-9-17-42(36)47/h3-22,24-28,31H,23H2,1-2H3. The molecular formula is C45H34N2O. The Labute approximate surface area is 279 Å². The van der Waals surface area contributed by atoms with E-state index in [0.29, 0.717) is 0 Å². The molecule has 0 fully saturated rings. The average molecular weight is 619 g/mol. The zero-order chi connectivity index (χ0) is 32.0. The third-order valence-electron chi connectivity index (χ3n) is 10.7. The summed E-state index contributed by atoms with van der Waals surface area (Å²) in [4.78, 5) is 2.50. The molecule has 0 saturated heterocycles. The molecule has 3 nitrogen and oxygen atoms in total. The van der Waals surface area contributed by atoms with Gasteiger partial charge in [-0.2, -0.15) is 0 Å². The average Bonchev–Trinajstić information content (AvgIpc) is 3.74. The van der Waals surface area contributed by atoms with Gasteiger partial charge in [-0.05, 0) is 83.3 Å². The van der Waals surface area contributed by atoms with Crippen molar-refractivity contribution in [2.45, 2.75) is 31.7 Å². The Morgan fingerprint density at radius 3 is 2.02 bits per heavy atom. The summed E-state index contributed by atoms with van der Waals surface area (Å²) in [5.74, 6) is 0. The van der Waals surface area contributed by atoms with Crippen LogP contribution in [-0.4, -0.2) is 10.6 Å². The SMILES string of the molecule is CC1(C)C2=CC(N(c3ccc(-n4c5ccccc5c5ccccc54)cc3)c3ccc4c(c3)oc3ccccc34)CC=C2c2ccccc21. The molecule has 230 valence electrons. The van der Waals surface area contributed by atoms with Crippen molar-refractivity contribution in [3.8, 4) is 5.69 Å². The van der Waals surface area contributed by atoms with Crippen molar-refractivity contribution < 1.29 is 4.42 Å². The van der Waals surface area contributed by atoms with E-state index in [1.807, 2.05) is 6.07 Å². The second kappa shape index (κ2) is 10.1. The normalized spacial score (nSPS) is 16.7. The van der Waals surface area contributed by atoms with Crippen LogP contribution < -0.4 is 4.90 Å². The van der Waals surface area contributed by atoms with E-state index in [2.05, 4.69) is 169 Å². The van der Waals surface area contributed by atoms with Crippen molar-refractivity contribution in [1.29, 1.82) is 0 Å². The highest BCUT2D eigenvalue weighted by Crippen LogP contribution is 2.52. The summed E-state index contributed by atoms with van der Waals surface area (Å²) in [6.45, 7) is 4.73. The number of benzene rings is 6. The van der Waals surface area contributed by atoms with Crippen molar-refractivity contribution >= 4 is 60.7 Å². The van der Waals surface area contributed by atoms with Gasteiger partial charge in [-0.1, -0.05) is 105 Å². The number of nitrogens with zero attached hydrogens (tertiary/aromatic N) is 2. The molecule has 0 amide bonds. The number of para-hydroxylation sites is 3. The number of allylic oxidation sites excluding steroid dienone is 2. The molecule has 2 aliphatic rings. The maximum atomic E-state index is 6.40. The minimum Gasteiger partial charge on any atom is -0.456 e. The zero-order valence-electron chi connectivity index (χ0n) is 27.0. The molecule has 0 bridgehead atoms. The Bertz CT molecular complexity index is 2580. The largest absolute Gasteiger partial charge is 0.456 e. The Morgan fingerprint density at radius 2 is 1.25 bits per heavy atom. The summed E-state index contributed by atoms with van der Waals surface area (Å²) >= 11 is 0. The van der Waals surface area contributed by atoms with E-state index in [1.54, 1.807) is 0 Å². The lowest BCUT2D eigenvalue weighted by atomic mass is 9.79. The van der Waals surface area contributed by atoms with Gasteiger partial charge in [-0.3, -0.25) is 0 Å².